The first-order chi connectivity index (χ1) is 13.3. The Morgan fingerprint density at radius 1 is 1.04 bits per heavy atom. The van der Waals surface area contributed by atoms with Crippen LogP contribution in [0.15, 0.2) is 30.6 Å². The fourth-order valence-corrected chi connectivity index (χ4v) is 3.46. The number of nitrogens with one attached hydrogen (secondary N) is 2. The molecular weight excluding hydrogens is 344 g/mol. The molecule has 1 aromatic heterocycles. The number of nitrogens with zero attached hydrogens (tertiary/aromatic N) is 2. The number of hydrogen-bond acceptors (Lipinski definition) is 6. The molecule has 1 aromatic carbocycles. The van der Waals surface area contributed by atoms with E-state index in [0.717, 1.165) is 29.9 Å². The van der Waals surface area contributed by atoms with Crippen molar-refractivity contribution in [1.29, 1.82) is 0 Å². The van der Waals surface area contributed by atoms with Crippen LogP contribution >= 0.6 is 0 Å². The van der Waals surface area contributed by atoms with Crippen LogP contribution in [-0.4, -0.2) is 28.7 Å². The van der Waals surface area contributed by atoms with Crippen LogP contribution in [0, 0.1) is 0 Å². The van der Waals surface area contributed by atoms with Crippen molar-refractivity contribution < 1.29 is 14.3 Å². The van der Waals surface area contributed by atoms with Crippen LogP contribution in [-0.2, 0) is 6.54 Å². The molecule has 142 valence electrons. The molecule has 0 unspecified atom stereocenters. The third kappa shape index (κ3) is 4.48. The molecule has 1 aliphatic carbocycles. The zero-order chi connectivity index (χ0) is 18.5. The zero-order valence-corrected chi connectivity index (χ0v) is 15.2. The molecule has 0 saturated heterocycles. The molecule has 2 aliphatic rings. The highest BCUT2D eigenvalue weighted by atomic mass is 16.7. The summed E-state index contributed by atoms with van der Waals surface area (Å²) in [6.07, 6.45) is 10.2. The number of benzene rings is 1. The summed E-state index contributed by atoms with van der Waals surface area (Å²) in [7, 11) is 0. The molecule has 2 aromatic rings. The van der Waals surface area contributed by atoms with Gasteiger partial charge in [-0.05, 0) is 30.5 Å². The molecule has 1 amide bonds. The second-order valence-electron chi connectivity index (χ2n) is 7.00. The van der Waals surface area contributed by atoms with Crippen molar-refractivity contribution in [2.75, 3.05) is 12.1 Å². The van der Waals surface area contributed by atoms with Crippen molar-refractivity contribution in [3.05, 3.63) is 41.7 Å². The van der Waals surface area contributed by atoms with Gasteiger partial charge in [-0.15, -0.1) is 0 Å². The lowest BCUT2D eigenvalue weighted by molar-refractivity contribution is 0.0932. The van der Waals surface area contributed by atoms with E-state index in [4.69, 9.17) is 9.47 Å². The SMILES string of the molecule is O=C(NC1CCCCCC1)c1cnc(NCc2ccc3c(c2)OCO3)nc1. The van der Waals surface area contributed by atoms with Gasteiger partial charge >= 0.3 is 0 Å². The molecule has 1 fully saturated rings. The smallest absolute Gasteiger partial charge is 0.254 e. The number of carbonyl (C=O) groups is 1. The van der Waals surface area contributed by atoms with Crippen molar-refractivity contribution in [2.24, 2.45) is 0 Å². The van der Waals surface area contributed by atoms with Gasteiger partial charge in [0.1, 0.15) is 0 Å². The number of fused-ring (bicyclic) bond motifs is 1. The number of carbonyl (C=O) groups excluding carboxylic acids is 1. The molecule has 0 radical (unpaired) electrons. The zero-order valence-electron chi connectivity index (χ0n) is 15.2. The average molecular weight is 368 g/mol. The molecule has 27 heavy (non-hydrogen) atoms. The van der Waals surface area contributed by atoms with Crippen molar-refractivity contribution in [3.63, 3.8) is 0 Å². The van der Waals surface area contributed by atoms with E-state index in [1.54, 1.807) is 12.4 Å². The Bertz CT molecular complexity index is 786. The number of anilines is 1. The first kappa shape index (κ1) is 17.6. The largest absolute Gasteiger partial charge is 0.454 e. The summed E-state index contributed by atoms with van der Waals surface area (Å²) in [5, 5.41) is 6.27. The van der Waals surface area contributed by atoms with Gasteiger partial charge in [0.2, 0.25) is 12.7 Å². The molecule has 1 aliphatic heterocycles. The van der Waals surface area contributed by atoms with Gasteiger partial charge in [-0.2, -0.15) is 0 Å². The molecule has 0 spiro atoms. The first-order valence-corrected chi connectivity index (χ1v) is 9.53. The Morgan fingerprint density at radius 2 is 1.78 bits per heavy atom. The molecule has 2 N–H and O–H groups in total. The van der Waals surface area contributed by atoms with Crippen LogP contribution in [0.5, 0.6) is 11.5 Å². The van der Waals surface area contributed by atoms with E-state index in [2.05, 4.69) is 20.6 Å². The summed E-state index contributed by atoms with van der Waals surface area (Å²) in [6, 6.07) is 6.06. The lowest BCUT2D eigenvalue weighted by Crippen LogP contribution is -2.34. The van der Waals surface area contributed by atoms with E-state index < -0.39 is 0 Å². The van der Waals surface area contributed by atoms with Crippen LogP contribution in [0.4, 0.5) is 5.95 Å². The Hall–Kier alpha value is -2.83. The summed E-state index contributed by atoms with van der Waals surface area (Å²) >= 11 is 0. The third-order valence-electron chi connectivity index (χ3n) is 4.99. The predicted molar refractivity (Wildman–Crippen MR) is 101 cm³/mol. The lowest BCUT2D eigenvalue weighted by Gasteiger charge is -2.16. The van der Waals surface area contributed by atoms with Crippen molar-refractivity contribution in [3.8, 4) is 11.5 Å². The number of hydrogen-bond donors (Lipinski definition) is 2. The van der Waals surface area contributed by atoms with E-state index >= 15 is 0 Å². The molecule has 1 saturated carbocycles. The number of ether oxygens (including phenoxy) is 2. The molecule has 7 heteroatoms. The van der Waals surface area contributed by atoms with E-state index in [-0.39, 0.29) is 18.7 Å². The minimum absolute atomic E-state index is 0.0933. The predicted octanol–water partition coefficient (Wildman–Crippen LogP) is 3.27. The second-order valence-corrected chi connectivity index (χ2v) is 7.00. The highest BCUT2D eigenvalue weighted by Gasteiger charge is 2.16. The number of amides is 1. The molecular formula is C20H24N4O3. The highest BCUT2D eigenvalue weighted by Crippen LogP contribution is 2.32. The van der Waals surface area contributed by atoms with Crippen molar-refractivity contribution >= 4 is 11.9 Å². The number of rotatable bonds is 5. The summed E-state index contributed by atoms with van der Waals surface area (Å²) < 4.78 is 10.7. The van der Waals surface area contributed by atoms with Gasteiger partial charge in [0.15, 0.2) is 11.5 Å². The van der Waals surface area contributed by atoms with Crippen LogP contribution in [0.25, 0.3) is 0 Å². The number of aromatic nitrogens is 2. The van der Waals surface area contributed by atoms with Gasteiger partial charge in [-0.25, -0.2) is 9.97 Å². The van der Waals surface area contributed by atoms with Crippen molar-refractivity contribution in [2.45, 2.75) is 51.1 Å². The van der Waals surface area contributed by atoms with E-state index in [0.29, 0.717) is 18.1 Å². The summed E-state index contributed by atoms with van der Waals surface area (Å²) in [4.78, 5) is 20.9. The van der Waals surface area contributed by atoms with Crippen LogP contribution in [0.2, 0.25) is 0 Å². The van der Waals surface area contributed by atoms with Gasteiger partial charge < -0.3 is 20.1 Å². The third-order valence-corrected chi connectivity index (χ3v) is 4.99. The van der Waals surface area contributed by atoms with Gasteiger partial charge in [0.05, 0.1) is 5.56 Å². The van der Waals surface area contributed by atoms with Crippen LogP contribution in [0.1, 0.15) is 54.4 Å². The van der Waals surface area contributed by atoms with E-state index in [9.17, 15) is 4.79 Å². The maximum Gasteiger partial charge on any atom is 0.254 e. The summed E-state index contributed by atoms with van der Waals surface area (Å²) in [5.41, 5.74) is 1.53. The highest BCUT2D eigenvalue weighted by molar-refractivity contribution is 5.93. The fourth-order valence-electron chi connectivity index (χ4n) is 3.46. The van der Waals surface area contributed by atoms with Crippen LogP contribution in [0.3, 0.4) is 0 Å². The minimum Gasteiger partial charge on any atom is -0.454 e. The van der Waals surface area contributed by atoms with E-state index in [1.165, 1.54) is 25.7 Å². The Labute approximate surface area is 158 Å². The molecule has 4 rings (SSSR count). The lowest BCUT2D eigenvalue weighted by atomic mass is 10.1. The molecule has 0 atom stereocenters. The average Bonchev–Trinajstić information content (AvgIpc) is 3.02. The minimum atomic E-state index is -0.0933. The van der Waals surface area contributed by atoms with Crippen LogP contribution < -0.4 is 20.1 Å². The maximum absolute atomic E-state index is 12.4. The normalized spacial score (nSPS) is 16.6. The molecule has 2 heterocycles. The monoisotopic (exact) mass is 368 g/mol. The quantitative estimate of drug-likeness (QED) is 0.788. The summed E-state index contributed by atoms with van der Waals surface area (Å²) in [5.74, 6) is 1.91. The maximum atomic E-state index is 12.4. The molecule has 7 nitrogen and oxygen atoms in total. The van der Waals surface area contributed by atoms with Gasteiger partial charge in [0, 0.05) is 25.0 Å². The Kier molecular flexibility index (Phi) is 5.37. The fraction of sp³-hybridized carbons (Fsp3) is 0.450. The topological polar surface area (TPSA) is 85.4 Å². The van der Waals surface area contributed by atoms with Gasteiger partial charge in [-0.3, -0.25) is 4.79 Å². The van der Waals surface area contributed by atoms with Gasteiger partial charge in [0.25, 0.3) is 5.91 Å². The van der Waals surface area contributed by atoms with Gasteiger partial charge in [-0.1, -0.05) is 31.7 Å². The summed E-state index contributed by atoms with van der Waals surface area (Å²) in [6.45, 7) is 0.823. The molecule has 0 bridgehead atoms. The first-order valence-electron chi connectivity index (χ1n) is 9.53. The second kappa shape index (κ2) is 8.24. The Morgan fingerprint density at radius 3 is 2.56 bits per heavy atom. The van der Waals surface area contributed by atoms with E-state index in [1.807, 2.05) is 18.2 Å². The standard InChI is InChI=1S/C20H24N4O3/c25-19(24-16-5-3-1-2-4-6-16)15-11-22-20(23-12-15)21-10-14-7-8-17-18(9-14)27-13-26-17/h7-9,11-12,16H,1-6,10,13H2,(H,24,25)(H,21,22,23). The van der Waals surface area contributed by atoms with Crippen molar-refractivity contribution in [1.82, 2.24) is 15.3 Å². The Balaban J connectivity index is 1.31.